The van der Waals surface area contributed by atoms with Crippen LogP contribution in [0.15, 0.2) is 51.9 Å². The van der Waals surface area contributed by atoms with Crippen LogP contribution < -0.4 is 9.47 Å². The van der Waals surface area contributed by atoms with Gasteiger partial charge in [0.25, 0.3) is 0 Å². The molecule has 2 aromatic carbocycles. The van der Waals surface area contributed by atoms with E-state index in [-0.39, 0.29) is 17.7 Å². The first-order chi connectivity index (χ1) is 14.4. The summed E-state index contributed by atoms with van der Waals surface area (Å²) in [4.78, 5) is 19.7. The van der Waals surface area contributed by atoms with Crippen molar-refractivity contribution in [1.82, 2.24) is 15.0 Å². The molecule has 0 spiro atoms. The second-order valence-electron chi connectivity index (χ2n) is 6.49. The molecule has 3 rings (SSSR count). The molecule has 0 N–H and O–H groups in total. The lowest BCUT2D eigenvalue weighted by molar-refractivity contribution is -0.129. The quantitative estimate of drug-likeness (QED) is 0.469. The summed E-state index contributed by atoms with van der Waals surface area (Å²) in [5.41, 5.74) is 0.675. The Morgan fingerprint density at radius 1 is 1.20 bits per heavy atom. The Kier molecular flexibility index (Phi) is 7.23. The van der Waals surface area contributed by atoms with E-state index in [0.29, 0.717) is 33.8 Å². The number of thioether (sulfide) groups is 1. The molecule has 1 amide bonds. The Bertz CT molecular complexity index is 1010. The van der Waals surface area contributed by atoms with Crippen LogP contribution >= 0.6 is 23.4 Å². The van der Waals surface area contributed by atoms with Gasteiger partial charge in [0, 0.05) is 23.0 Å². The smallest absolute Gasteiger partial charge is 0.246 e. The number of ether oxygens (including phenoxy) is 2. The summed E-state index contributed by atoms with van der Waals surface area (Å²) in [6, 6.07) is 12.7. The van der Waals surface area contributed by atoms with Gasteiger partial charge in [-0.3, -0.25) is 4.79 Å². The van der Waals surface area contributed by atoms with Gasteiger partial charge in [0.2, 0.25) is 17.6 Å². The van der Waals surface area contributed by atoms with Crippen LogP contribution in [-0.2, 0) is 11.3 Å². The molecule has 30 heavy (non-hydrogen) atoms. The number of hydrogen-bond donors (Lipinski definition) is 0. The SMILES string of the molecule is COc1ccc(-c2noc(CN(C)C(=O)C(C)Sc3ccc(Cl)cc3)n2)c(OC)c1. The predicted octanol–water partition coefficient (Wildman–Crippen LogP) is 4.55. The van der Waals surface area contributed by atoms with Crippen molar-refractivity contribution in [1.29, 1.82) is 0 Å². The lowest BCUT2D eigenvalue weighted by atomic mass is 10.2. The topological polar surface area (TPSA) is 77.7 Å². The van der Waals surface area contributed by atoms with Gasteiger partial charge in [0.15, 0.2) is 0 Å². The molecule has 0 fully saturated rings. The van der Waals surface area contributed by atoms with Crippen LogP contribution in [0.2, 0.25) is 5.02 Å². The minimum absolute atomic E-state index is 0.0447. The molecule has 0 bridgehead atoms. The first-order valence-corrected chi connectivity index (χ1v) is 10.4. The van der Waals surface area contributed by atoms with Gasteiger partial charge >= 0.3 is 0 Å². The van der Waals surface area contributed by atoms with Gasteiger partial charge in [-0.1, -0.05) is 16.8 Å². The van der Waals surface area contributed by atoms with Crippen LogP contribution in [0.4, 0.5) is 0 Å². The second kappa shape index (κ2) is 9.86. The van der Waals surface area contributed by atoms with Gasteiger partial charge in [-0.25, -0.2) is 0 Å². The maximum atomic E-state index is 12.7. The highest BCUT2D eigenvalue weighted by atomic mass is 35.5. The fourth-order valence-corrected chi connectivity index (χ4v) is 3.88. The Morgan fingerprint density at radius 3 is 2.60 bits per heavy atom. The molecule has 3 aromatic rings. The Hall–Kier alpha value is -2.71. The zero-order chi connectivity index (χ0) is 21.7. The van der Waals surface area contributed by atoms with E-state index in [1.54, 1.807) is 56.5 Å². The van der Waals surface area contributed by atoms with Crippen molar-refractivity contribution in [3.63, 3.8) is 0 Å². The van der Waals surface area contributed by atoms with Gasteiger partial charge in [0.05, 0.1) is 31.6 Å². The van der Waals surface area contributed by atoms with Crippen LogP contribution in [0.3, 0.4) is 0 Å². The average molecular weight is 448 g/mol. The highest BCUT2D eigenvalue weighted by Crippen LogP contribution is 2.32. The van der Waals surface area contributed by atoms with Gasteiger partial charge in [-0.15, -0.1) is 11.8 Å². The lowest BCUT2D eigenvalue weighted by Gasteiger charge is -2.19. The first-order valence-electron chi connectivity index (χ1n) is 9.13. The van der Waals surface area contributed by atoms with Crippen LogP contribution in [-0.4, -0.2) is 47.5 Å². The molecular weight excluding hydrogens is 426 g/mol. The summed E-state index contributed by atoms with van der Waals surface area (Å²) in [6.45, 7) is 2.06. The van der Waals surface area contributed by atoms with Gasteiger partial charge in [-0.05, 0) is 43.3 Å². The van der Waals surface area contributed by atoms with E-state index in [0.717, 1.165) is 4.90 Å². The minimum atomic E-state index is -0.278. The zero-order valence-electron chi connectivity index (χ0n) is 17.1. The summed E-state index contributed by atoms with van der Waals surface area (Å²) >= 11 is 7.37. The van der Waals surface area contributed by atoms with E-state index in [9.17, 15) is 4.79 Å². The summed E-state index contributed by atoms with van der Waals surface area (Å²) in [7, 11) is 4.85. The van der Waals surface area contributed by atoms with Gasteiger partial charge < -0.3 is 18.9 Å². The van der Waals surface area contributed by atoms with E-state index in [4.69, 9.17) is 25.6 Å². The number of amides is 1. The molecule has 0 saturated carbocycles. The van der Waals surface area contributed by atoms with E-state index < -0.39 is 0 Å². The van der Waals surface area contributed by atoms with Crippen molar-refractivity contribution in [2.75, 3.05) is 21.3 Å². The van der Waals surface area contributed by atoms with Crippen molar-refractivity contribution in [2.24, 2.45) is 0 Å². The molecule has 0 radical (unpaired) electrons. The monoisotopic (exact) mass is 447 g/mol. The standard InChI is InChI=1S/C21H22ClN3O4S/c1-13(30-16-8-5-14(22)6-9-16)21(26)25(2)12-19-23-20(24-29-19)17-10-7-15(27-3)11-18(17)28-4/h5-11,13H,12H2,1-4H3. The molecule has 0 aliphatic heterocycles. The fraction of sp³-hybridized carbons (Fsp3) is 0.286. The van der Waals surface area contributed by atoms with E-state index in [1.165, 1.54) is 11.8 Å². The summed E-state index contributed by atoms with van der Waals surface area (Å²) in [5.74, 6) is 1.91. The predicted molar refractivity (Wildman–Crippen MR) is 116 cm³/mol. The maximum Gasteiger partial charge on any atom is 0.246 e. The van der Waals surface area contributed by atoms with E-state index in [2.05, 4.69) is 10.1 Å². The van der Waals surface area contributed by atoms with Crippen LogP contribution in [0.25, 0.3) is 11.4 Å². The van der Waals surface area contributed by atoms with Crippen molar-refractivity contribution < 1.29 is 18.8 Å². The number of aromatic nitrogens is 2. The Labute approximate surface area is 184 Å². The van der Waals surface area contributed by atoms with Crippen LogP contribution in [0.1, 0.15) is 12.8 Å². The molecular formula is C21H22ClN3O4S. The van der Waals surface area contributed by atoms with Gasteiger partial charge in [-0.2, -0.15) is 4.98 Å². The molecule has 1 unspecified atom stereocenters. The molecule has 0 saturated heterocycles. The highest BCUT2D eigenvalue weighted by Gasteiger charge is 2.21. The average Bonchev–Trinajstić information content (AvgIpc) is 3.22. The van der Waals surface area contributed by atoms with Crippen LogP contribution in [0, 0.1) is 0 Å². The fourth-order valence-electron chi connectivity index (χ4n) is 2.77. The molecule has 0 aliphatic carbocycles. The number of nitrogens with zero attached hydrogens (tertiary/aromatic N) is 3. The number of hydrogen-bond acceptors (Lipinski definition) is 7. The molecule has 158 valence electrons. The first kappa shape index (κ1) is 22.0. The van der Waals surface area contributed by atoms with Crippen molar-refractivity contribution in [2.45, 2.75) is 23.6 Å². The molecule has 1 heterocycles. The minimum Gasteiger partial charge on any atom is -0.497 e. The van der Waals surface area contributed by atoms with Gasteiger partial charge in [0.1, 0.15) is 11.5 Å². The second-order valence-corrected chi connectivity index (χ2v) is 8.34. The van der Waals surface area contributed by atoms with Crippen LogP contribution in [0.5, 0.6) is 11.5 Å². The lowest BCUT2D eigenvalue weighted by Crippen LogP contribution is -2.32. The maximum absolute atomic E-state index is 12.7. The molecule has 9 heteroatoms. The summed E-state index contributed by atoms with van der Waals surface area (Å²) in [6.07, 6.45) is 0. The van der Waals surface area contributed by atoms with Crippen molar-refractivity contribution in [3.05, 3.63) is 53.4 Å². The Morgan fingerprint density at radius 2 is 1.93 bits per heavy atom. The third-order valence-corrected chi connectivity index (χ3v) is 5.69. The highest BCUT2D eigenvalue weighted by molar-refractivity contribution is 8.00. The molecule has 7 nitrogen and oxygen atoms in total. The number of carbonyl (C=O) groups excluding carboxylic acids is 1. The Balaban J connectivity index is 1.66. The third kappa shape index (κ3) is 5.25. The normalized spacial score (nSPS) is 11.8. The number of halogens is 1. The summed E-state index contributed by atoms with van der Waals surface area (Å²) < 4.78 is 15.9. The zero-order valence-corrected chi connectivity index (χ0v) is 18.7. The van der Waals surface area contributed by atoms with Crippen molar-refractivity contribution in [3.8, 4) is 22.9 Å². The summed E-state index contributed by atoms with van der Waals surface area (Å²) in [5, 5.41) is 4.41. The van der Waals surface area contributed by atoms with E-state index >= 15 is 0 Å². The number of benzene rings is 2. The van der Waals surface area contributed by atoms with Crippen molar-refractivity contribution >= 4 is 29.3 Å². The number of rotatable bonds is 8. The van der Waals surface area contributed by atoms with E-state index in [1.807, 2.05) is 19.1 Å². The third-order valence-electron chi connectivity index (χ3n) is 4.34. The molecule has 1 atom stereocenters. The molecule has 0 aliphatic rings. The molecule has 1 aromatic heterocycles. The largest absolute Gasteiger partial charge is 0.497 e. The number of carbonyl (C=O) groups is 1. The number of methoxy groups -OCH3 is 2.